The van der Waals surface area contributed by atoms with Gasteiger partial charge < -0.3 is 14.4 Å². The molecule has 0 spiro atoms. The number of methoxy groups -OCH3 is 2. The first kappa shape index (κ1) is 15.1. The van der Waals surface area contributed by atoms with Crippen LogP contribution in [0.2, 0.25) is 5.15 Å². The van der Waals surface area contributed by atoms with Crippen LogP contribution in [0.25, 0.3) is 0 Å². The van der Waals surface area contributed by atoms with E-state index >= 15 is 0 Å². The van der Waals surface area contributed by atoms with Gasteiger partial charge in [-0.2, -0.15) is 0 Å². The van der Waals surface area contributed by atoms with Gasteiger partial charge in [-0.15, -0.1) is 10.2 Å². The Morgan fingerprint density at radius 1 is 1.00 bits per heavy atom. The van der Waals surface area contributed by atoms with Gasteiger partial charge in [0.05, 0.1) is 13.2 Å². The molecule has 0 amide bonds. The van der Waals surface area contributed by atoms with E-state index in [2.05, 4.69) is 15.1 Å². The van der Waals surface area contributed by atoms with Gasteiger partial charge >= 0.3 is 0 Å². The summed E-state index contributed by atoms with van der Waals surface area (Å²) in [6.07, 6.45) is 0. The number of nitrogens with zero attached hydrogens (tertiary/aromatic N) is 3. The highest BCUT2D eigenvalue weighted by Gasteiger charge is 2.14. The number of aromatic nitrogens is 2. The van der Waals surface area contributed by atoms with Crippen molar-refractivity contribution in [1.29, 1.82) is 0 Å². The molecule has 0 aromatic carbocycles. The lowest BCUT2D eigenvalue weighted by molar-refractivity contribution is 0.190. The highest BCUT2D eigenvalue weighted by molar-refractivity contribution is 6.30. The second kappa shape index (κ2) is 7.51. The van der Waals surface area contributed by atoms with Gasteiger partial charge in [-0.25, -0.2) is 0 Å². The van der Waals surface area contributed by atoms with Gasteiger partial charge in [0.15, 0.2) is 11.0 Å². The van der Waals surface area contributed by atoms with Gasteiger partial charge in [-0.1, -0.05) is 11.6 Å². The summed E-state index contributed by atoms with van der Waals surface area (Å²) in [6.45, 7) is 6.70. The first-order valence-corrected chi connectivity index (χ1v) is 6.21. The summed E-state index contributed by atoms with van der Waals surface area (Å²) in [5.74, 6) is 0.839. The Morgan fingerprint density at radius 2 is 1.56 bits per heavy atom. The van der Waals surface area contributed by atoms with E-state index in [0.717, 1.165) is 30.0 Å². The minimum atomic E-state index is 0.453. The third kappa shape index (κ3) is 3.80. The second-order valence-electron chi connectivity index (χ2n) is 4.04. The van der Waals surface area contributed by atoms with Crippen LogP contribution < -0.4 is 4.90 Å². The van der Waals surface area contributed by atoms with E-state index < -0.39 is 0 Å². The minimum Gasteiger partial charge on any atom is -0.383 e. The number of hydrogen-bond donors (Lipinski definition) is 0. The van der Waals surface area contributed by atoms with Gasteiger partial charge in [-0.3, -0.25) is 0 Å². The lowest BCUT2D eigenvalue weighted by Gasteiger charge is -2.24. The standard InChI is InChI=1S/C12H20ClN3O2/c1-9-10(2)12(15-14-11(9)13)16(5-7-17-3)6-8-18-4/h5-8H2,1-4H3. The normalized spacial score (nSPS) is 10.7. The molecule has 1 heterocycles. The Kier molecular flexibility index (Phi) is 6.32. The zero-order valence-corrected chi connectivity index (χ0v) is 12.1. The highest BCUT2D eigenvalue weighted by atomic mass is 35.5. The third-order valence-electron chi connectivity index (χ3n) is 2.87. The van der Waals surface area contributed by atoms with Crippen LogP contribution in [0, 0.1) is 13.8 Å². The zero-order chi connectivity index (χ0) is 13.5. The predicted molar refractivity (Wildman–Crippen MR) is 72.5 cm³/mol. The summed E-state index contributed by atoms with van der Waals surface area (Å²) in [5, 5.41) is 8.60. The first-order chi connectivity index (χ1) is 8.61. The monoisotopic (exact) mass is 273 g/mol. The SMILES string of the molecule is COCCN(CCOC)c1nnc(Cl)c(C)c1C. The maximum atomic E-state index is 5.96. The van der Waals surface area contributed by atoms with Crippen molar-refractivity contribution >= 4 is 17.4 Å². The van der Waals surface area contributed by atoms with E-state index in [1.165, 1.54) is 0 Å². The minimum absolute atomic E-state index is 0.453. The average molecular weight is 274 g/mol. The van der Waals surface area contributed by atoms with E-state index in [1.54, 1.807) is 14.2 Å². The molecular formula is C12H20ClN3O2. The van der Waals surface area contributed by atoms with Crippen molar-refractivity contribution < 1.29 is 9.47 Å². The summed E-state index contributed by atoms with van der Waals surface area (Å²) < 4.78 is 10.2. The molecule has 1 rings (SSSR count). The van der Waals surface area contributed by atoms with Crippen LogP contribution in [0.4, 0.5) is 5.82 Å². The number of anilines is 1. The molecule has 0 aliphatic rings. The molecule has 1 aromatic heterocycles. The average Bonchev–Trinajstić information content (AvgIpc) is 2.37. The van der Waals surface area contributed by atoms with E-state index in [9.17, 15) is 0 Å². The van der Waals surface area contributed by atoms with Crippen molar-refractivity contribution in [2.24, 2.45) is 0 Å². The van der Waals surface area contributed by atoms with Gasteiger partial charge in [0.25, 0.3) is 0 Å². The molecule has 0 saturated carbocycles. The topological polar surface area (TPSA) is 47.5 Å². The summed E-state index contributed by atoms with van der Waals surface area (Å²) >= 11 is 5.96. The van der Waals surface area contributed by atoms with E-state index in [-0.39, 0.29) is 0 Å². The second-order valence-corrected chi connectivity index (χ2v) is 4.40. The summed E-state index contributed by atoms with van der Waals surface area (Å²) in [5.41, 5.74) is 2.00. The highest BCUT2D eigenvalue weighted by Crippen LogP contribution is 2.23. The Hall–Kier alpha value is -0.910. The molecule has 0 aliphatic carbocycles. The molecule has 0 radical (unpaired) electrons. The van der Waals surface area contributed by atoms with Crippen molar-refractivity contribution in [1.82, 2.24) is 10.2 Å². The molecule has 102 valence electrons. The lowest BCUT2D eigenvalue weighted by atomic mass is 10.2. The fourth-order valence-electron chi connectivity index (χ4n) is 1.59. The van der Waals surface area contributed by atoms with Gasteiger partial charge in [0, 0.05) is 27.3 Å². The van der Waals surface area contributed by atoms with Crippen LogP contribution in [0.3, 0.4) is 0 Å². The molecule has 0 bridgehead atoms. The molecule has 0 unspecified atom stereocenters. The Labute approximate surface area is 113 Å². The number of hydrogen-bond acceptors (Lipinski definition) is 5. The Morgan fingerprint density at radius 3 is 2.06 bits per heavy atom. The molecule has 0 saturated heterocycles. The quantitative estimate of drug-likeness (QED) is 0.759. The smallest absolute Gasteiger partial charge is 0.155 e. The van der Waals surface area contributed by atoms with Gasteiger partial charge in [0.1, 0.15) is 0 Å². The van der Waals surface area contributed by atoms with Crippen molar-refractivity contribution in [2.75, 3.05) is 45.4 Å². The van der Waals surface area contributed by atoms with Crippen LogP contribution in [-0.4, -0.2) is 50.7 Å². The van der Waals surface area contributed by atoms with Crippen LogP contribution in [0.15, 0.2) is 0 Å². The van der Waals surface area contributed by atoms with Crippen molar-refractivity contribution in [2.45, 2.75) is 13.8 Å². The van der Waals surface area contributed by atoms with Gasteiger partial charge in [-0.05, 0) is 25.0 Å². The van der Waals surface area contributed by atoms with Crippen LogP contribution in [0.1, 0.15) is 11.1 Å². The van der Waals surface area contributed by atoms with E-state index in [1.807, 2.05) is 13.8 Å². The number of ether oxygens (including phenoxy) is 2. The van der Waals surface area contributed by atoms with Crippen LogP contribution >= 0.6 is 11.6 Å². The van der Waals surface area contributed by atoms with E-state index in [4.69, 9.17) is 21.1 Å². The maximum absolute atomic E-state index is 5.96. The Bertz CT molecular complexity index is 380. The van der Waals surface area contributed by atoms with Crippen LogP contribution in [-0.2, 0) is 9.47 Å². The molecule has 0 aliphatic heterocycles. The molecule has 5 nitrogen and oxygen atoms in total. The molecular weight excluding hydrogens is 254 g/mol. The maximum Gasteiger partial charge on any atom is 0.155 e. The molecule has 6 heteroatoms. The first-order valence-electron chi connectivity index (χ1n) is 5.84. The number of halogens is 1. The van der Waals surface area contributed by atoms with Crippen molar-refractivity contribution in [3.63, 3.8) is 0 Å². The largest absolute Gasteiger partial charge is 0.383 e. The fourth-order valence-corrected chi connectivity index (χ4v) is 1.77. The molecule has 0 fully saturated rings. The lowest BCUT2D eigenvalue weighted by Crippen LogP contribution is -2.32. The predicted octanol–water partition coefficient (Wildman–Crippen LogP) is 1.85. The molecule has 1 aromatic rings. The molecule has 0 atom stereocenters. The van der Waals surface area contributed by atoms with Crippen LogP contribution in [0.5, 0.6) is 0 Å². The Balaban J connectivity index is 2.93. The summed E-state index contributed by atoms with van der Waals surface area (Å²) in [6, 6.07) is 0. The fraction of sp³-hybridized carbons (Fsp3) is 0.667. The molecule has 18 heavy (non-hydrogen) atoms. The third-order valence-corrected chi connectivity index (χ3v) is 3.23. The summed E-state index contributed by atoms with van der Waals surface area (Å²) in [7, 11) is 3.36. The van der Waals surface area contributed by atoms with E-state index in [0.29, 0.717) is 18.4 Å². The summed E-state index contributed by atoms with van der Waals surface area (Å²) in [4.78, 5) is 2.10. The molecule has 0 N–H and O–H groups in total. The zero-order valence-electron chi connectivity index (χ0n) is 11.4. The number of rotatable bonds is 7. The van der Waals surface area contributed by atoms with Crippen molar-refractivity contribution in [3.05, 3.63) is 16.3 Å². The van der Waals surface area contributed by atoms with Gasteiger partial charge in [0.2, 0.25) is 0 Å². The van der Waals surface area contributed by atoms with Crippen molar-refractivity contribution in [3.8, 4) is 0 Å².